The van der Waals surface area contributed by atoms with E-state index < -0.39 is 10.0 Å². The Morgan fingerprint density at radius 3 is 2.47 bits per heavy atom. The average molecular weight is 324 g/mol. The molecule has 1 aromatic carbocycles. The Bertz CT molecular complexity index is 569. The van der Waals surface area contributed by atoms with E-state index in [-0.39, 0.29) is 16.5 Å². The smallest absolute Gasteiger partial charge is 0.246 e. The van der Waals surface area contributed by atoms with Crippen LogP contribution in [0.3, 0.4) is 0 Å². The van der Waals surface area contributed by atoms with Crippen molar-refractivity contribution in [3.05, 3.63) is 22.7 Å². The summed E-state index contributed by atoms with van der Waals surface area (Å²) in [5.41, 5.74) is 0.578. The third-order valence-corrected chi connectivity index (χ3v) is 5.54. The van der Waals surface area contributed by atoms with Gasteiger partial charge in [-0.25, -0.2) is 8.42 Å². The van der Waals surface area contributed by atoms with Crippen LogP contribution < -0.4 is 4.74 Å². The van der Waals surface area contributed by atoms with Gasteiger partial charge in [-0.3, -0.25) is 0 Å². The molecule has 0 unspecified atom stereocenters. The molecule has 0 bridgehead atoms. The minimum Gasteiger partial charge on any atom is -0.495 e. The molecule has 7 heteroatoms. The summed E-state index contributed by atoms with van der Waals surface area (Å²) in [5, 5.41) is 0.342. The van der Waals surface area contributed by atoms with Crippen LogP contribution in [0.15, 0.2) is 17.0 Å². The van der Waals surface area contributed by atoms with Crippen molar-refractivity contribution in [1.82, 2.24) is 4.31 Å². The van der Waals surface area contributed by atoms with Crippen LogP contribution in [0, 0.1) is 0 Å². The van der Waals surface area contributed by atoms with E-state index in [4.69, 9.17) is 27.9 Å². The highest BCUT2D eigenvalue weighted by Crippen LogP contribution is 2.35. The molecule has 0 aliphatic carbocycles. The van der Waals surface area contributed by atoms with E-state index in [2.05, 4.69) is 0 Å². The van der Waals surface area contributed by atoms with Gasteiger partial charge in [-0.2, -0.15) is 4.31 Å². The lowest BCUT2D eigenvalue weighted by Crippen LogP contribution is -2.28. The molecule has 0 amide bonds. The van der Waals surface area contributed by atoms with Gasteiger partial charge in [-0.05, 0) is 25.0 Å². The van der Waals surface area contributed by atoms with Crippen molar-refractivity contribution in [1.29, 1.82) is 0 Å². The second kappa shape index (κ2) is 5.87. The monoisotopic (exact) mass is 323 g/mol. The molecule has 4 nitrogen and oxygen atoms in total. The van der Waals surface area contributed by atoms with Gasteiger partial charge >= 0.3 is 0 Å². The third kappa shape index (κ3) is 2.84. The summed E-state index contributed by atoms with van der Waals surface area (Å²) in [6, 6.07) is 3.04. The number of hydrogen-bond acceptors (Lipinski definition) is 3. The maximum Gasteiger partial charge on any atom is 0.246 e. The Labute approximate surface area is 123 Å². The summed E-state index contributed by atoms with van der Waals surface area (Å²) in [6.45, 7) is 1.07. The Kier molecular flexibility index (Phi) is 4.61. The van der Waals surface area contributed by atoms with Crippen molar-refractivity contribution in [2.45, 2.75) is 23.6 Å². The lowest BCUT2D eigenvalue weighted by atomic mass is 10.2. The summed E-state index contributed by atoms with van der Waals surface area (Å²) in [4.78, 5) is 0.0973. The predicted octanol–water partition coefficient (Wildman–Crippen LogP) is 2.87. The minimum absolute atomic E-state index is 0.0973. The second-order valence-corrected chi connectivity index (χ2v) is 6.95. The molecule has 0 saturated carbocycles. The lowest BCUT2D eigenvalue weighted by Gasteiger charge is -2.19. The first-order valence-electron chi connectivity index (χ1n) is 5.93. The standard InChI is InChI=1S/C12H15Cl2NO3S/c1-18-12-9(8-13)6-10(14)7-11(12)19(16,17)15-4-2-3-5-15/h6-7H,2-5,8H2,1H3. The highest BCUT2D eigenvalue weighted by atomic mass is 35.5. The topological polar surface area (TPSA) is 46.6 Å². The lowest BCUT2D eigenvalue weighted by molar-refractivity contribution is 0.395. The molecule has 0 N–H and O–H groups in total. The molecular formula is C12H15Cl2NO3S. The van der Waals surface area contributed by atoms with Crippen molar-refractivity contribution in [3.63, 3.8) is 0 Å². The molecule has 19 heavy (non-hydrogen) atoms. The number of methoxy groups -OCH3 is 1. The predicted molar refractivity (Wildman–Crippen MR) is 75.6 cm³/mol. The maximum absolute atomic E-state index is 12.6. The van der Waals surface area contributed by atoms with Gasteiger partial charge in [-0.15, -0.1) is 11.6 Å². The Hall–Kier alpha value is -0.490. The molecule has 1 aliphatic rings. The third-order valence-electron chi connectivity index (χ3n) is 3.13. The highest BCUT2D eigenvalue weighted by molar-refractivity contribution is 7.89. The average Bonchev–Trinajstić information content (AvgIpc) is 2.92. The molecule has 0 aromatic heterocycles. The zero-order valence-electron chi connectivity index (χ0n) is 10.5. The molecule has 0 radical (unpaired) electrons. The Morgan fingerprint density at radius 2 is 1.95 bits per heavy atom. The van der Waals surface area contributed by atoms with Gasteiger partial charge in [0.25, 0.3) is 0 Å². The SMILES string of the molecule is COc1c(CCl)cc(Cl)cc1S(=O)(=O)N1CCCC1. The van der Waals surface area contributed by atoms with Crippen LogP contribution in [-0.2, 0) is 15.9 Å². The van der Waals surface area contributed by atoms with Gasteiger partial charge in [0.2, 0.25) is 10.0 Å². The number of nitrogens with zero attached hydrogens (tertiary/aromatic N) is 1. The second-order valence-electron chi connectivity index (χ2n) is 4.34. The number of alkyl halides is 1. The number of benzene rings is 1. The molecule has 1 fully saturated rings. The first-order valence-corrected chi connectivity index (χ1v) is 8.28. The summed E-state index contributed by atoms with van der Waals surface area (Å²) in [7, 11) is -2.14. The van der Waals surface area contributed by atoms with E-state index >= 15 is 0 Å². The molecular weight excluding hydrogens is 309 g/mol. The van der Waals surface area contributed by atoms with Gasteiger partial charge < -0.3 is 4.74 Å². The zero-order valence-corrected chi connectivity index (χ0v) is 12.9. The Morgan fingerprint density at radius 1 is 1.32 bits per heavy atom. The van der Waals surface area contributed by atoms with E-state index in [0.29, 0.717) is 23.7 Å². The largest absolute Gasteiger partial charge is 0.495 e. The summed E-state index contributed by atoms with van der Waals surface area (Å²) in [5.74, 6) is 0.429. The van der Waals surface area contributed by atoms with E-state index in [0.717, 1.165) is 12.8 Å². The van der Waals surface area contributed by atoms with Crippen molar-refractivity contribution < 1.29 is 13.2 Å². The fraction of sp³-hybridized carbons (Fsp3) is 0.500. The van der Waals surface area contributed by atoms with Crippen molar-refractivity contribution in [2.24, 2.45) is 0 Å². The highest BCUT2D eigenvalue weighted by Gasteiger charge is 2.31. The molecule has 106 valence electrons. The van der Waals surface area contributed by atoms with Gasteiger partial charge in [-0.1, -0.05) is 11.6 Å². The fourth-order valence-corrected chi connectivity index (χ4v) is 4.46. The van der Waals surface area contributed by atoms with Crippen LogP contribution in [-0.4, -0.2) is 32.9 Å². The number of hydrogen-bond donors (Lipinski definition) is 0. The molecule has 0 atom stereocenters. The number of halogens is 2. The van der Waals surface area contributed by atoms with Gasteiger partial charge in [0.15, 0.2) is 0 Å². The molecule has 1 heterocycles. The summed E-state index contributed by atoms with van der Waals surface area (Å²) >= 11 is 11.8. The van der Waals surface area contributed by atoms with Gasteiger partial charge in [0, 0.05) is 23.7 Å². The van der Waals surface area contributed by atoms with Crippen molar-refractivity contribution in [2.75, 3.05) is 20.2 Å². The van der Waals surface area contributed by atoms with E-state index in [1.165, 1.54) is 17.5 Å². The summed E-state index contributed by atoms with van der Waals surface area (Å²) in [6.07, 6.45) is 1.76. The van der Waals surface area contributed by atoms with Crippen molar-refractivity contribution in [3.8, 4) is 5.75 Å². The van der Waals surface area contributed by atoms with Crippen LogP contribution in [0.4, 0.5) is 0 Å². The van der Waals surface area contributed by atoms with Crippen LogP contribution in [0.25, 0.3) is 0 Å². The fourth-order valence-electron chi connectivity index (χ4n) is 2.21. The first-order chi connectivity index (χ1) is 9.00. The number of sulfonamides is 1. The molecule has 1 saturated heterocycles. The quantitative estimate of drug-likeness (QED) is 0.800. The zero-order chi connectivity index (χ0) is 14.0. The normalized spacial score (nSPS) is 16.8. The van der Waals surface area contributed by atoms with Crippen LogP contribution in [0.2, 0.25) is 5.02 Å². The molecule has 2 rings (SSSR count). The number of rotatable bonds is 4. The number of ether oxygens (including phenoxy) is 1. The van der Waals surface area contributed by atoms with E-state index in [1.54, 1.807) is 6.07 Å². The van der Waals surface area contributed by atoms with E-state index in [1.807, 2.05) is 0 Å². The molecule has 1 aromatic rings. The van der Waals surface area contributed by atoms with E-state index in [9.17, 15) is 8.42 Å². The van der Waals surface area contributed by atoms with Crippen molar-refractivity contribution >= 4 is 33.2 Å². The van der Waals surface area contributed by atoms with Crippen LogP contribution in [0.1, 0.15) is 18.4 Å². The molecule has 0 spiro atoms. The maximum atomic E-state index is 12.6. The Balaban J connectivity index is 2.57. The first kappa shape index (κ1) is 14.9. The molecule has 1 aliphatic heterocycles. The van der Waals surface area contributed by atoms with Crippen LogP contribution >= 0.6 is 23.2 Å². The van der Waals surface area contributed by atoms with Gasteiger partial charge in [0.1, 0.15) is 10.6 Å². The van der Waals surface area contributed by atoms with Crippen LogP contribution in [0.5, 0.6) is 5.75 Å². The van der Waals surface area contributed by atoms with Gasteiger partial charge in [0.05, 0.1) is 13.0 Å². The summed E-state index contributed by atoms with van der Waals surface area (Å²) < 4.78 is 31.8. The minimum atomic E-state index is -3.57.